The van der Waals surface area contributed by atoms with Gasteiger partial charge in [0.25, 0.3) is 0 Å². The van der Waals surface area contributed by atoms with E-state index >= 15 is 0 Å². The molecule has 258 valence electrons. The Kier molecular flexibility index (Phi) is 13.3. The number of benzene rings is 4. The lowest BCUT2D eigenvalue weighted by Crippen LogP contribution is -2.28. The van der Waals surface area contributed by atoms with Crippen LogP contribution < -0.4 is 24.0 Å². The van der Waals surface area contributed by atoms with Crippen LogP contribution in [0.5, 0.6) is 17.2 Å². The van der Waals surface area contributed by atoms with Crippen LogP contribution in [0.25, 0.3) is 0 Å². The van der Waals surface area contributed by atoms with E-state index < -0.39 is 0 Å². The molecule has 0 radical (unpaired) electrons. The molecule has 0 fully saturated rings. The molecule has 0 saturated carbocycles. The number of fused-ring (bicyclic) bond motifs is 2. The molecule has 0 atom stereocenters. The van der Waals surface area contributed by atoms with Crippen LogP contribution in [0, 0.1) is 6.92 Å². The van der Waals surface area contributed by atoms with E-state index in [4.69, 9.17) is 14.2 Å². The summed E-state index contributed by atoms with van der Waals surface area (Å²) in [7, 11) is 4.98. The average molecular weight is 699 g/mol. The van der Waals surface area contributed by atoms with Crippen molar-refractivity contribution in [2.45, 2.75) is 55.2 Å². The second-order valence-electron chi connectivity index (χ2n) is 11.9. The number of hydrogen-bond acceptors (Lipinski definition) is 7. The molecule has 9 heteroatoms. The largest absolute Gasteiger partial charge is 0.497 e. The second-order valence-corrected chi connectivity index (χ2v) is 14.2. The minimum atomic E-state index is 0.197. The number of methoxy groups -OCH3 is 3. The molecule has 0 N–H and O–H groups in total. The molecule has 2 amide bonds. The Morgan fingerprint density at radius 1 is 0.633 bits per heavy atom. The minimum absolute atomic E-state index is 0.197. The third-order valence-corrected chi connectivity index (χ3v) is 11.1. The number of amides is 2. The number of carbonyl (C=O) groups is 2. The summed E-state index contributed by atoms with van der Waals surface area (Å²) < 4.78 is 15.7. The zero-order valence-electron chi connectivity index (χ0n) is 28.9. The molecule has 2 aliphatic rings. The number of hydrogen-bond donors (Lipinski definition) is 0. The molecule has 4 aromatic rings. The van der Waals surface area contributed by atoms with E-state index in [-0.39, 0.29) is 11.8 Å². The number of anilines is 2. The van der Waals surface area contributed by atoms with Gasteiger partial charge in [0.15, 0.2) is 0 Å². The fourth-order valence-electron chi connectivity index (χ4n) is 5.97. The third kappa shape index (κ3) is 9.76. The fourth-order valence-corrected chi connectivity index (χ4v) is 7.80. The van der Waals surface area contributed by atoms with Crippen LogP contribution in [0.4, 0.5) is 11.4 Å². The van der Waals surface area contributed by atoms with Crippen LogP contribution in [0.3, 0.4) is 0 Å². The first-order chi connectivity index (χ1) is 23.9. The molecule has 2 heterocycles. The predicted molar refractivity (Wildman–Crippen MR) is 202 cm³/mol. The van der Waals surface area contributed by atoms with Crippen LogP contribution in [0.15, 0.2) is 94.7 Å². The van der Waals surface area contributed by atoms with E-state index in [0.29, 0.717) is 12.8 Å². The highest BCUT2D eigenvalue weighted by Crippen LogP contribution is 2.34. The molecule has 4 aromatic carbocycles. The first-order valence-corrected chi connectivity index (χ1v) is 18.8. The smallest absolute Gasteiger partial charge is 0.227 e. The zero-order valence-corrected chi connectivity index (χ0v) is 30.5. The molecule has 0 saturated heterocycles. The number of nitrogens with zero attached hydrogens (tertiary/aromatic N) is 2. The Balaban J connectivity index is 0.000000191. The predicted octanol–water partition coefficient (Wildman–Crippen LogP) is 8.63. The highest BCUT2D eigenvalue weighted by atomic mass is 32.2. The summed E-state index contributed by atoms with van der Waals surface area (Å²) >= 11 is 3.60. The maximum atomic E-state index is 12.6. The maximum absolute atomic E-state index is 12.6. The second kappa shape index (κ2) is 18.1. The maximum Gasteiger partial charge on any atom is 0.227 e. The summed E-state index contributed by atoms with van der Waals surface area (Å²) in [4.78, 5) is 31.4. The fraction of sp³-hybridized carbons (Fsp3) is 0.350. The van der Waals surface area contributed by atoms with Gasteiger partial charge in [-0.15, -0.1) is 23.5 Å². The van der Waals surface area contributed by atoms with Gasteiger partial charge in [0.05, 0.1) is 32.7 Å². The number of rotatable bonds is 13. The lowest BCUT2D eigenvalue weighted by molar-refractivity contribution is -0.119. The summed E-state index contributed by atoms with van der Waals surface area (Å²) in [5, 5.41) is 0. The number of carbonyl (C=O) groups excluding carboxylic acids is 2. The van der Waals surface area contributed by atoms with Crippen molar-refractivity contribution in [3.05, 3.63) is 102 Å². The van der Waals surface area contributed by atoms with E-state index in [1.807, 2.05) is 70.1 Å². The highest BCUT2D eigenvalue weighted by Gasteiger charge is 2.26. The summed E-state index contributed by atoms with van der Waals surface area (Å²) in [6.45, 7) is 3.68. The van der Waals surface area contributed by atoms with Crippen LogP contribution in [-0.4, -0.2) is 57.7 Å². The van der Waals surface area contributed by atoms with Gasteiger partial charge in [-0.1, -0.05) is 30.3 Å². The molecule has 49 heavy (non-hydrogen) atoms. The first-order valence-electron chi connectivity index (χ1n) is 16.8. The van der Waals surface area contributed by atoms with Crippen molar-refractivity contribution in [1.82, 2.24) is 0 Å². The van der Waals surface area contributed by atoms with E-state index in [1.165, 1.54) is 26.5 Å². The lowest BCUT2D eigenvalue weighted by atomic mass is 10.1. The van der Waals surface area contributed by atoms with Gasteiger partial charge in [0, 0.05) is 47.9 Å². The summed E-state index contributed by atoms with van der Waals surface area (Å²) in [6, 6.07) is 28.4. The third-order valence-electron chi connectivity index (χ3n) is 8.73. The SMILES string of the molecule is COc1ccc(SCCCC(=O)N2CCc3ccc(OC)cc32)cc1.COc1ccc2c(c1)N(C(=O)CCCSc1ccccc1C)CC2. The van der Waals surface area contributed by atoms with Gasteiger partial charge in [0.1, 0.15) is 17.2 Å². The summed E-state index contributed by atoms with van der Waals surface area (Å²) in [6.07, 6.45) is 4.78. The molecule has 0 spiro atoms. The lowest BCUT2D eigenvalue weighted by Gasteiger charge is -2.18. The van der Waals surface area contributed by atoms with E-state index in [0.717, 1.165) is 78.9 Å². The van der Waals surface area contributed by atoms with Crippen LogP contribution in [0.2, 0.25) is 0 Å². The van der Waals surface area contributed by atoms with Crippen molar-refractivity contribution >= 4 is 46.7 Å². The Morgan fingerprint density at radius 2 is 1.12 bits per heavy atom. The van der Waals surface area contributed by atoms with Gasteiger partial charge in [-0.3, -0.25) is 9.59 Å². The van der Waals surface area contributed by atoms with Gasteiger partial charge >= 0.3 is 0 Å². The van der Waals surface area contributed by atoms with Crippen molar-refractivity contribution < 1.29 is 23.8 Å². The molecule has 0 unspecified atom stereocenters. The van der Waals surface area contributed by atoms with Crippen molar-refractivity contribution in [1.29, 1.82) is 0 Å². The first kappa shape index (κ1) is 36.2. The minimum Gasteiger partial charge on any atom is -0.497 e. The van der Waals surface area contributed by atoms with Gasteiger partial charge < -0.3 is 24.0 Å². The Labute approximate surface area is 299 Å². The molecular weight excluding hydrogens is 653 g/mol. The topological polar surface area (TPSA) is 68.3 Å². The number of ether oxygens (including phenoxy) is 3. The number of aryl methyl sites for hydroxylation is 1. The molecule has 0 aromatic heterocycles. The molecular formula is C40H46N2O5S2. The zero-order chi connectivity index (χ0) is 34.6. The molecule has 7 nitrogen and oxygen atoms in total. The standard InChI is InChI=1S/C20H23NO3S.C20H23NO2S/c1-23-16-7-9-18(10-8-16)25-13-3-4-20(22)21-12-11-15-5-6-17(24-2)14-19(15)21;1-15-6-3-4-7-19(15)24-13-5-8-20(22)21-12-11-16-9-10-17(23-2)14-18(16)21/h5-10,14H,3-4,11-13H2,1-2H3;3-4,6-7,9-10,14H,5,8,11-13H2,1-2H3. The van der Waals surface area contributed by atoms with E-state index in [1.54, 1.807) is 33.1 Å². The van der Waals surface area contributed by atoms with Gasteiger partial charge in [-0.05, 0) is 103 Å². The quantitative estimate of drug-likeness (QED) is 0.102. The normalized spacial score (nSPS) is 12.9. The average Bonchev–Trinajstić information content (AvgIpc) is 3.77. The molecule has 6 rings (SSSR count). The molecule has 0 bridgehead atoms. The molecule has 0 aliphatic carbocycles. The van der Waals surface area contributed by atoms with Crippen molar-refractivity contribution in [3.8, 4) is 17.2 Å². The molecule has 2 aliphatic heterocycles. The van der Waals surface area contributed by atoms with Gasteiger partial charge in [-0.25, -0.2) is 0 Å². The summed E-state index contributed by atoms with van der Waals surface area (Å²) in [5.74, 6) is 4.78. The van der Waals surface area contributed by atoms with Gasteiger partial charge in [0.2, 0.25) is 11.8 Å². The monoisotopic (exact) mass is 698 g/mol. The van der Waals surface area contributed by atoms with Crippen molar-refractivity contribution in [2.75, 3.05) is 55.7 Å². The Bertz CT molecular complexity index is 1710. The van der Waals surface area contributed by atoms with Crippen LogP contribution >= 0.6 is 23.5 Å². The van der Waals surface area contributed by atoms with Crippen molar-refractivity contribution in [2.24, 2.45) is 0 Å². The Hall–Kier alpha value is -4.08. The van der Waals surface area contributed by atoms with E-state index in [2.05, 4.69) is 43.3 Å². The number of thioether (sulfide) groups is 2. The highest BCUT2D eigenvalue weighted by molar-refractivity contribution is 7.99. The summed E-state index contributed by atoms with van der Waals surface area (Å²) in [5.41, 5.74) is 5.78. The van der Waals surface area contributed by atoms with Crippen molar-refractivity contribution in [3.63, 3.8) is 0 Å². The van der Waals surface area contributed by atoms with Gasteiger partial charge in [-0.2, -0.15) is 0 Å². The van der Waals surface area contributed by atoms with Crippen LogP contribution in [-0.2, 0) is 22.4 Å². The van der Waals surface area contributed by atoms with E-state index in [9.17, 15) is 9.59 Å². The van der Waals surface area contributed by atoms with Crippen LogP contribution in [0.1, 0.15) is 42.4 Å². The Morgan fingerprint density at radius 3 is 1.63 bits per heavy atom.